The van der Waals surface area contributed by atoms with Gasteiger partial charge in [-0.25, -0.2) is 0 Å². The molecule has 0 aromatic heterocycles. The molecule has 1 aromatic carbocycles. The van der Waals surface area contributed by atoms with Gasteiger partial charge in [0.2, 0.25) is 0 Å². The van der Waals surface area contributed by atoms with Gasteiger partial charge in [-0.15, -0.1) is 0 Å². The normalized spacial score (nSPS) is 14.5. The minimum Gasteiger partial charge on any atom is -0.379 e. The molecule has 0 spiro atoms. The quantitative estimate of drug-likeness (QED) is 0.567. The topological polar surface area (TPSA) is 29.5 Å². The molecule has 0 aliphatic heterocycles. The van der Waals surface area contributed by atoms with Crippen molar-refractivity contribution in [3.05, 3.63) is 28.8 Å². The van der Waals surface area contributed by atoms with E-state index >= 15 is 0 Å². The lowest BCUT2D eigenvalue weighted by atomic mass is 10.1. The maximum atomic E-state index is 11.3. The Kier molecular flexibility index (Phi) is 4.83. The van der Waals surface area contributed by atoms with Crippen molar-refractivity contribution in [2.75, 3.05) is 31.7 Å². The molecule has 19 heavy (non-hydrogen) atoms. The van der Waals surface area contributed by atoms with E-state index in [9.17, 15) is 4.79 Å². The molecule has 104 valence electrons. The van der Waals surface area contributed by atoms with Crippen LogP contribution in [0.1, 0.15) is 30.1 Å². The number of hydrogen-bond donors (Lipinski definition) is 0. The molecule has 1 saturated carbocycles. The van der Waals surface area contributed by atoms with Crippen LogP contribution in [-0.4, -0.2) is 32.6 Å². The molecule has 1 aliphatic carbocycles. The van der Waals surface area contributed by atoms with Crippen LogP contribution in [0.25, 0.3) is 0 Å². The number of ketones is 1. The Bertz CT molecular complexity index is 457. The Morgan fingerprint density at radius 3 is 2.79 bits per heavy atom. The average Bonchev–Trinajstić information content (AvgIpc) is 3.18. The molecule has 0 saturated heterocycles. The molecule has 4 heteroatoms. The van der Waals surface area contributed by atoms with Crippen molar-refractivity contribution in [3.8, 4) is 0 Å². The maximum Gasteiger partial charge on any atom is 0.159 e. The molecule has 2 rings (SSSR count). The molecule has 0 unspecified atom stereocenters. The summed E-state index contributed by atoms with van der Waals surface area (Å²) >= 11 is 6.21. The third-order valence-corrected chi connectivity index (χ3v) is 3.69. The molecule has 3 nitrogen and oxygen atoms in total. The number of likely N-dealkylation sites (N-methyl/N-ethyl adjacent to an activating group) is 1. The number of carbonyl (C=O) groups excluding carboxylic acids is 1. The van der Waals surface area contributed by atoms with Crippen LogP contribution >= 0.6 is 11.6 Å². The number of Topliss-reactive ketones (excluding diaryl/α,β-unsaturated/α-hetero) is 1. The number of ether oxygens (including phenoxy) is 1. The molecular weight excluding hydrogens is 262 g/mol. The highest BCUT2D eigenvalue weighted by atomic mass is 35.5. The summed E-state index contributed by atoms with van der Waals surface area (Å²) in [5, 5.41) is 0.609. The van der Waals surface area contributed by atoms with Crippen molar-refractivity contribution in [1.29, 1.82) is 0 Å². The predicted molar refractivity (Wildman–Crippen MR) is 78.3 cm³/mol. The van der Waals surface area contributed by atoms with Crippen molar-refractivity contribution < 1.29 is 9.53 Å². The summed E-state index contributed by atoms with van der Waals surface area (Å²) in [6.07, 6.45) is 2.63. The molecule has 1 aliphatic rings. The second-order valence-electron chi connectivity index (χ2n) is 5.16. The minimum absolute atomic E-state index is 0.0314. The van der Waals surface area contributed by atoms with E-state index in [0.29, 0.717) is 17.2 Å². The van der Waals surface area contributed by atoms with Crippen molar-refractivity contribution in [1.82, 2.24) is 0 Å². The predicted octanol–water partition coefficient (Wildman–Crippen LogP) is 3.41. The highest BCUT2D eigenvalue weighted by Crippen LogP contribution is 2.29. The Labute approximate surface area is 119 Å². The van der Waals surface area contributed by atoms with Gasteiger partial charge in [0.1, 0.15) is 0 Å². The number of nitrogens with zero attached hydrogens (tertiary/aromatic N) is 1. The average molecular weight is 282 g/mol. The molecule has 0 amide bonds. The molecule has 0 atom stereocenters. The van der Waals surface area contributed by atoms with Crippen molar-refractivity contribution in [2.45, 2.75) is 19.8 Å². The monoisotopic (exact) mass is 281 g/mol. The van der Waals surface area contributed by atoms with E-state index in [0.717, 1.165) is 24.8 Å². The summed E-state index contributed by atoms with van der Waals surface area (Å²) < 4.78 is 5.61. The SMILES string of the molecule is CC(=O)c1ccc(N(C)CCOCC2CC2)c(Cl)c1. The fourth-order valence-electron chi connectivity index (χ4n) is 1.89. The zero-order chi connectivity index (χ0) is 13.8. The summed E-state index contributed by atoms with van der Waals surface area (Å²) in [5.74, 6) is 0.826. The highest BCUT2D eigenvalue weighted by molar-refractivity contribution is 6.33. The lowest BCUT2D eigenvalue weighted by Gasteiger charge is -2.20. The van der Waals surface area contributed by atoms with Crippen molar-refractivity contribution in [3.63, 3.8) is 0 Å². The van der Waals surface area contributed by atoms with Crippen LogP contribution in [0, 0.1) is 5.92 Å². The van der Waals surface area contributed by atoms with Crippen LogP contribution in [0.4, 0.5) is 5.69 Å². The van der Waals surface area contributed by atoms with Gasteiger partial charge in [0.05, 0.1) is 17.3 Å². The van der Waals surface area contributed by atoms with Crippen LogP contribution in [0.5, 0.6) is 0 Å². The Morgan fingerprint density at radius 1 is 1.47 bits per heavy atom. The van der Waals surface area contributed by atoms with E-state index in [-0.39, 0.29) is 5.78 Å². The summed E-state index contributed by atoms with van der Waals surface area (Å²) in [4.78, 5) is 13.3. The number of hydrogen-bond acceptors (Lipinski definition) is 3. The van der Waals surface area contributed by atoms with E-state index in [1.54, 1.807) is 13.0 Å². The fraction of sp³-hybridized carbons (Fsp3) is 0.533. The summed E-state index contributed by atoms with van der Waals surface area (Å²) in [5.41, 5.74) is 1.58. The third-order valence-electron chi connectivity index (χ3n) is 3.39. The van der Waals surface area contributed by atoms with E-state index < -0.39 is 0 Å². The van der Waals surface area contributed by atoms with Crippen LogP contribution in [0.2, 0.25) is 5.02 Å². The third kappa shape index (κ3) is 4.22. The second kappa shape index (κ2) is 6.40. The largest absolute Gasteiger partial charge is 0.379 e. The molecule has 0 bridgehead atoms. The van der Waals surface area contributed by atoms with Gasteiger partial charge < -0.3 is 9.64 Å². The number of anilines is 1. The van der Waals surface area contributed by atoms with Crippen molar-refractivity contribution >= 4 is 23.1 Å². The molecule has 0 radical (unpaired) electrons. The van der Waals surface area contributed by atoms with Gasteiger partial charge in [0.15, 0.2) is 5.78 Å². The molecular formula is C15H20ClNO2. The number of benzene rings is 1. The first-order valence-corrected chi connectivity index (χ1v) is 7.05. The standard InChI is InChI=1S/C15H20ClNO2/c1-11(18)13-5-6-15(14(16)9-13)17(2)7-8-19-10-12-3-4-12/h5-6,9,12H,3-4,7-8,10H2,1-2H3. The lowest BCUT2D eigenvalue weighted by Crippen LogP contribution is -2.23. The van der Waals surface area contributed by atoms with Gasteiger partial charge in [-0.2, -0.15) is 0 Å². The van der Waals surface area contributed by atoms with Crippen LogP contribution < -0.4 is 4.90 Å². The second-order valence-corrected chi connectivity index (χ2v) is 5.57. The zero-order valence-corrected chi connectivity index (χ0v) is 12.2. The van der Waals surface area contributed by atoms with Gasteiger partial charge in [-0.1, -0.05) is 11.6 Å². The molecule has 0 heterocycles. The van der Waals surface area contributed by atoms with Gasteiger partial charge in [-0.3, -0.25) is 4.79 Å². The minimum atomic E-state index is 0.0314. The lowest BCUT2D eigenvalue weighted by molar-refractivity contribution is 0.101. The molecule has 0 N–H and O–H groups in total. The van der Waals surface area contributed by atoms with Gasteiger partial charge in [-0.05, 0) is 43.9 Å². The number of carbonyl (C=O) groups is 1. The molecule has 1 aromatic rings. The van der Waals surface area contributed by atoms with Crippen LogP contribution in [-0.2, 0) is 4.74 Å². The van der Waals surface area contributed by atoms with E-state index in [1.807, 2.05) is 19.2 Å². The fourth-order valence-corrected chi connectivity index (χ4v) is 2.22. The van der Waals surface area contributed by atoms with Gasteiger partial charge >= 0.3 is 0 Å². The first kappa shape index (κ1) is 14.4. The van der Waals surface area contributed by atoms with Crippen LogP contribution in [0.3, 0.4) is 0 Å². The van der Waals surface area contributed by atoms with E-state index in [1.165, 1.54) is 12.8 Å². The Balaban J connectivity index is 1.86. The first-order chi connectivity index (χ1) is 9.08. The van der Waals surface area contributed by atoms with Gasteiger partial charge in [0.25, 0.3) is 0 Å². The Hall–Kier alpha value is -1.06. The number of rotatable bonds is 7. The van der Waals surface area contributed by atoms with Crippen molar-refractivity contribution in [2.24, 2.45) is 5.92 Å². The maximum absolute atomic E-state index is 11.3. The smallest absolute Gasteiger partial charge is 0.159 e. The van der Waals surface area contributed by atoms with E-state index in [2.05, 4.69) is 4.90 Å². The van der Waals surface area contributed by atoms with Gasteiger partial charge in [0, 0.05) is 25.8 Å². The highest BCUT2D eigenvalue weighted by Gasteiger charge is 2.21. The molecule has 1 fully saturated rings. The van der Waals surface area contributed by atoms with E-state index in [4.69, 9.17) is 16.3 Å². The Morgan fingerprint density at radius 2 is 2.21 bits per heavy atom. The summed E-state index contributed by atoms with van der Waals surface area (Å²) in [6, 6.07) is 5.42. The zero-order valence-electron chi connectivity index (χ0n) is 11.5. The number of halogens is 1. The first-order valence-electron chi connectivity index (χ1n) is 6.67. The summed E-state index contributed by atoms with van der Waals surface area (Å²) in [7, 11) is 1.98. The summed E-state index contributed by atoms with van der Waals surface area (Å²) in [6.45, 7) is 3.93. The van der Waals surface area contributed by atoms with Crippen LogP contribution in [0.15, 0.2) is 18.2 Å².